The first-order valence-electron chi connectivity index (χ1n) is 4.51. The Hall–Kier alpha value is -0.890. The van der Waals surface area contributed by atoms with E-state index in [1.54, 1.807) is 12.3 Å². The summed E-state index contributed by atoms with van der Waals surface area (Å²) >= 11 is 2.16. The minimum Gasteiger partial charge on any atom is -0.377 e. The number of rotatable bonds is 2. The van der Waals surface area contributed by atoms with Crippen LogP contribution in [-0.2, 0) is 4.74 Å². The molecule has 0 saturated carbocycles. The third-order valence-corrected chi connectivity index (χ3v) is 2.58. The first-order chi connectivity index (χ1) is 7.24. The molecule has 2 rings (SSSR count). The van der Waals surface area contributed by atoms with Crippen molar-refractivity contribution in [1.29, 1.82) is 0 Å². The molecule has 2 N–H and O–H groups in total. The first kappa shape index (κ1) is 10.6. The Bertz CT molecular complexity index is 351. The summed E-state index contributed by atoms with van der Waals surface area (Å²) in [5.74, 6) is 0.549. The van der Waals surface area contributed by atoms with Gasteiger partial charge in [0.1, 0.15) is 5.82 Å². The van der Waals surface area contributed by atoms with Crippen LogP contribution in [-0.4, -0.2) is 30.3 Å². The maximum absolute atomic E-state index is 11.4. The van der Waals surface area contributed by atoms with Crippen LogP contribution in [0.1, 0.15) is 0 Å². The Morgan fingerprint density at radius 3 is 2.87 bits per heavy atom. The molecule has 15 heavy (non-hydrogen) atoms. The molecule has 0 aromatic carbocycles. The van der Waals surface area contributed by atoms with Gasteiger partial charge in [0.05, 0.1) is 19.3 Å². The number of hydrogen-bond acceptors (Lipinski definition) is 3. The third kappa shape index (κ3) is 3.03. The van der Waals surface area contributed by atoms with E-state index in [9.17, 15) is 4.79 Å². The molecule has 80 valence electrons. The van der Waals surface area contributed by atoms with Gasteiger partial charge < -0.3 is 10.1 Å². The fraction of sp³-hybridized carbons (Fsp3) is 0.333. The van der Waals surface area contributed by atoms with Gasteiger partial charge in [-0.2, -0.15) is 0 Å². The zero-order valence-corrected chi connectivity index (χ0v) is 10.0. The molecule has 1 aromatic heterocycles. The number of hydrogen-bond donors (Lipinski definition) is 2. The Kier molecular flexibility index (Phi) is 3.37. The Balaban J connectivity index is 1.84. The normalized spacial score (nSPS) is 15.5. The van der Waals surface area contributed by atoms with E-state index < -0.39 is 0 Å². The molecule has 1 saturated heterocycles. The highest BCUT2D eigenvalue weighted by molar-refractivity contribution is 14.1. The fourth-order valence-corrected chi connectivity index (χ4v) is 1.43. The Morgan fingerprint density at radius 1 is 1.53 bits per heavy atom. The van der Waals surface area contributed by atoms with Crippen LogP contribution in [0.25, 0.3) is 0 Å². The number of aromatic nitrogens is 1. The summed E-state index contributed by atoms with van der Waals surface area (Å²) in [5.41, 5.74) is 0. The smallest absolute Gasteiger partial charge is 0.320 e. The molecule has 1 aliphatic rings. The molecule has 2 heterocycles. The minimum absolute atomic E-state index is 0.133. The number of carbonyl (C=O) groups excluding carboxylic acids is 1. The van der Waals surface area contributed by atoms with Crippen molar-refractivity contribution in [2.45, 2.75) is 6.04 Å². The largest absolute Gasteiger partial charge is 0.377 e. The highest BCUT2D eigenvalue weighted by Crippen LogP contribution is 2.07. The highest BCUT2D eigenvalue weighted by atomic mass is 127. The number of anilines is 1. The van der Waals surface area contributed by atoms with Crippen molar-refractivity contribution in [2.24, 2.45) is 0 Å². The van der Waals surface area contributed by atoms with E-state index in [-0.39, 0.29) is 12.1 Å². The molecule has 0 spiro atoms. The third-order valence-electron chi connectivity index (χ3n) is 1.94. The van der Waals surface area contributed by atoms with Gasteiger partial charge in [0, 0.05) is 9.77 Å². The summed E-state index contributed by atoms with van der Waals surface area (Å²) in [6.07, 6.45) is 1.70. The molecule has 0 bridgehead atoms. The molecule has 0 aliphatic carbocycles. The second kappa shape index (κ2) is 4.75. The lowest BCUT2D eigenvalue weighted by Crippen LogP contribution is -2.50. The van der Waals surface area contributed by atoms with Crippen LogP contribution in [0, 0.1) is 3.57 Å². The summed E-state index contributed by atoms with van der Waals surface area (Å²) in [5, 5.41) is 5.41. The van der Waals surface area contributed by atoms with Gasteiger partial charge in [-0.1, -0.05) is 0 Å². The number of ether oxygens (including phenoxy) is 1. The molecular formula is C9H10IN3O2. The second-order valence-electron chi connectivity index (χ2n) is 3.19. The number of nitrogens with one attached hydrogen (secondary N) is 2. The van der Waals surface area contributed by atoms with E-state index in [1.807, 2.05) is 6.07 Å². The lowest BCUT2D eigenvalue weighted by Gasteiger charge is -2.26. The number of carbonyl (C=O) groups is 1. The molecule has 1 fully saturated rings. The van der Waals surface area contributed by atoms with E-state index in [0.717, 1.165) is 3.57 Å². The summed E-state index contributed by atoms with van der Waals surface area (Å²) in [6.45, 7) is 1.18. The van der Waals surface area contributed by atoms with Crippen molar-refractivity contribution >= 4 is 34.4 Å². The van der Waals surface area contributed by atoms with Crippen LogP contribution in [0.5, 0.6) is 0 Å². The number of urea groups is 1. The van der Waals surface area contributed by atoms with Gasteiger partial charge in [0.25, 0.3) is 0 Å². The average Bonchev–Trinajstić information content (AvgIpc) is 2.16. The summed E-state index contributed by atoms with van der Waals surface area (Å²) < 4.78 is 5.98. The van der Waals surface area contributed by atoms with Crippen molar-refractivity contribution in [3.8, 4) is 0 Å². The van der Waals surface area contributed by atoms with Gasteiger partial charge >= 0.3 is 6.03 Å². The number of pyridine rings is 1. The standard InChI is InChI=1S/C9H10IN3O2/c10-6-1-2-8(11-3-6)13-9(14)12-7-4-15-5-7/h1-3,7H,4-5H2,(H2,11,12,13,14). The van der Waals surface area contributed by atoms with Gasteiger partial charge in [-0.05, 0) is 34.7 Å². The summed E-state index contributed by atoms with van der Waals surface area (Å²) in [7, 11) is 0. The van der Waals surface area contributed by atoms with Crippen molar-refractivity contribution in [1.82, 2.24) is 10.3 Å². The van der Waals surface area contributed by atoms with Crippen molar-refractivity contribution in [3.05, 3.63) is 21.9 Å². The van der Waals surface area contributed by atoms with Gasteiger partial charge in [-0.25, -0.2) is 9.78 Å². The Morgan fingerprint density at radius 2 is 2.33 bits per heavy atom. The second-order valence-corrected chi connectivity index (χ2v) is 4.44. The molecule has 0 radical (unpaired) electrons. The molecule has 1 aliphatic heterocycles. The topological polar surface area (TPSA) is 63.2 Å². The zero-order chi connectivity index (χ0) is 10.7. The predicted molar refractivity (Wildman–Crippen MR) is 63.7 cm³/mol. The van der Waals surface area contributed by atoms with Crippen molar-refractivity contribution < 1.29 is 9.53 Å². The van der Waals surface area contributed by atoms with Gasteiger partial charge in [-0.3, -0.25) is 5.32 Å². The fourth-order valence-electron chi connectivity index (χ4n) is 1.11. The van der Waals surface area contributed by atoms with E-state index in [2.05, 4.69) is 38.2 Å². The van der Waals surface area contributed by atoms with E-state index in [4.69, 9.17) is 4.74 Å². The van der Waals surface area contributed by atoms with E-state index in [1.165, 1.54) is 0 Å². The predicted octanol–water partition coefficient (Wildman–Crippen LogP) is 1.21. The molecule has 0 unspecified atom stereocenters. The average molecular weight is 319 g/mol. The number of amides is 2. The lowest BCUT2D eigenvalue weighted by atomic mass is 10.3. The molecule has 0 atom stereocenters. The lowest BCUT2D eigenvalue weighted by molar-refractivity contribution is 0.000731. The molecule has 1 aromatic rings. The van der Waals surface area contributed by atoms with Crippen LogP contribution in [0.2, 0.25) is 0 Å². The van der Waals surface area contributed by atoms with Gasteiger partial charge in [0.2, 0.25) is 0 Å². The molecule has 6 heteroatoms. The number of halogens is 1. The SMILES string of the molecule is O=C(Nc1ccc(I)cn1)NC1COC1. The van der Waals surface area contributed by atoms with Crippen molar-refractivity contribution in [2.75, 3.05) is 18.5 Å². The minimum atomic E-state index is -0.239. The zero-order valence-electron chi connectivity index (χ0n) is 7.87. The van der Waals surface area contributed by atoms with Crippen LogP contribution >= 0.6 is 22.6 Å². The van der Waals surface area contributed by atoms with E-state index >= 15 is 0 Å². The van der Waals surface area contributed by atoms with Crippen LogP contribution in [0.4, 0.5) is 10.6 Å². The first-order valence-corrected chi connectivity index (χ1v) is 5.59. The van der Waals surface area contributed by atoms with Crippen LogP contribution in [0.3, 0.4) is 0 Å². The molecule has 2 amide bonds. The number of nitrogens with zero attached hydrogens (tertiary/aromatic N) is 1. The highest BCUT2D eigenvalue weighted by Gasteiger charge is 2.20. The maximum atomic E-state index is 11.4. The van der Waals surface area contributed by atoms with Crippen LogP contribution < -0.4 is 10.6 Å². The Labute approximate surface area is 101 Å². The van der Waals surface area contributed by atoms with Crippen molar-refractivity contribution in [3.63, 3.8) is 0 Å². The summed E-state index contributed by atoms with van der Waals surface area (Å²) in [6, 6.07) is 3.54. The van der Waals surface area contributed by atoms with Gasteiger partial charge in [-0.15, -0.1) is 0 Å². The van der Waals surface area contributed by atoms with E-state index in [0.29, 0.717) is 19.0 Å². The quantitative estimate of drug-likeness (QED) is 0.806. The summed E-state index contributed by atoms with van der Waals surface area (Å²) in [4.78, 5) is 15.4. The monoisotopic (exact) mass is 319 g/mol. The molecular weight excluding hydrogens is 309 g/mol. The maximum Gasteiger partial charge on any atom is 0.320 e. The van der Waals surface area contributed by atoms with Gasteiger partial charge in [0.15, 0.2) is 0 Å². The molecule has 5 nitrogen and oxygen atoms in total. The van der Waals surface area contributed by atoms with Crippen LogP contribution in [0.15, 0.2) is 18.3 Å².